The summed E-state index contributed by atoms with van der Waals surface area (Å²) in [5.41, 5.74) is 13.3. The molecule has 0 amide bonds. The van der Waals surface area contributed by atoms with Crippen molar-refractivity contribution >= 4 is 31.5 Å². The smallest absolute Gasteiger partial charge is 0.221 e. The molecule has 2 radical (unpaired) electrons. The third-order valence-corrected chi connectivity index (χ3v) is 4.90. The van der Waals surface area contributed by atoms with E-state index in [2.05, 4.69) is 72.2 Å². The fraction of sp³-hybridized carbons (Fsp3) is 0.227. The zero-order chi connectivity index (χ0) is 18.8. The molecule has 1 aromatic carbocycles. The first-order chi connectivity index (χ1) is 13.2. The Morgan fingerprint density at radius 1 is 1.22 bits per heavy atom. The molecule has 0 saturated carbocycles. The van der Waals surface area contributed by atoms with E-state index in [1.807, 2.05) is 19.1 Å². The van der Waals surface area contributed by atoms with Crippen LogP contribution in [0.2, 0.25) is 0 Å². The summed E-state index contributed by atoms with van der Waals surface area (Å²) in [7, 11) is 2.15. The quantitative estimate of drug-likeness (QED) is 0.805. The molecule has 0 saturated heterocycles. The Labute approximate surface area is 161 Å². The lowest BCUT2D eigenvalue weighted by Gasteiger charge is -2.29. The summed E-state index contributed by atoms with van der Waals surface area (Å²) in [6.07, 6.45) is 11.5. The van der Waals surface area contributed by atoms with Gasteiger partial charge in [0.1, 0.15) is 12.0 Å². The van der Waals surface area contributed by atoms with Crippen molar-refractivity contribution in [2.45, 2.75) is 20.3 Å². The summed E-state index contributed by atoms with van der Waals surface area (Å²) in [4.78, 5) is 0. The van der Waals surface area contributed by atoms with Crippen molar-refractivity contribution in [3.05, 3.63) is 70.7 Å². The van der Waals surface area contributed by atoms with E-state index in [0.29, 0.717) is 13.2 Å². The highest BCUT2D eigenvalue weighted by molar-refractivity contribution is 6.28. The van der Waals surface area contributed by atoms with Gasteiger partial charge in [0.05, 0.1) is 6.61 Å². The predicted molar refractivity (Wildman–Crippen MR) is 113 cm³/mol. The molecule has 4 rings (SSSR count). The molecule has 2 aliphatic rings. The lowest BCUT2D eigenvalue weighted by Crippen LogP contribution is -2.30. The number of ether oxygens (including phenoxy) is 1. The molecule has 136 valence electrons. The summed E-state index contributed by atoms with van der Waals surface area (Å²) in [6.45, 7) is 5.49. The Balaban J connectivity index is 1.67. The van der Waals surface area contributed by atoms with Crippen molar-refractivity contribution in [3.63, 3.8) is 0 Å². The summed E-state index contributed by atoms with van der Waals surface area (Å²) in [5, 5.41) is 0. The maximum Gasteiger partial charge on any atom is 0.221 e. The molecule has 2 aliphatic heterocycles. The highest BCUT2D eigenvalue weighted by Crippen LogP contribution is 2.33. The highest BCUT2D eigenvalue weighted by atomic mass is 16.5. The third-order valence-electron chi connectivity index (χ3n) is 4.90. The minimum absolute atomic E-state index is 0.641. The first kappa shape index (κ1) is 17.6. The molecule has 0 bridgehead atoms. The van der Waals surface area contributed by atoms with Gasteiger partial charge in [-0.2, -0.15) is 0 Å². The number of nitrogens with two attached hydrogens (primary N) is 1. The van der Waals surface area contributed by atoms with E-state index in [1.165, 1.54) is 22.5 Å². The Morgan fingerprint density at radius 3 is 2.78 bits per heavy atom. The molecule has 27 heavy (non-hydrogen) atoms. The van der Waals surface area contributed by atoms with Gasteiger partial charge >= 0.3 is 0 Å². The molecule has 1 aromatic heterocycles. The van der Waals surface area contributed by atoms with Gasteiger partial charge in [0.15, 0.2) is 5.70 Å². The van der Waals surface area contributed by atoms with Crippen LogP contribution in [0.15, 0.2) is 48.2 Å². The SMILES string of the molecule is CCOc1ccc(/C=C/c2cc(C)c3n2[B-][N+]2=CC=CC2=C3CCN)cc1. The summed E-state index contributed by atoms with van der Waals surface area (Å²) in [6, 6.07) is 10.4. The van der Waals surface area contributed by atoms with Gasteiger partial charge in [0.25, 0.3) is 0 Å². The van der Waals surface area contributed by atoms with Gasteiger partial charge in [-0.15, -0.1) is 0 Å². The summed E-state index contributed by atoms with van der Waals surface area (Å²) < 4.78 is 9.95. The Morgan fingerprint density at radius 2 is 2.04 bits per heavy atom. The molecular weight excluding hydrogens is 333 g/mol. The molecule has 0 fully saturated rings. The number of aryl methyl sites for hydroxylation is 1. The van der Waals surface area contributed by atoms with Crippen LogP contribution in [-0.2, 0) is 0 Å². The van der Waals surface area contributed by atoms with Gasteiger partial charge in [-0.25, -0.2) is 0 Å². The van der Waals surface area contributed by atoms with Crippen LogP contribution in [0.25, 0.3) is 17.7 Å². The van der Waals surface area contributed by atoms with Crippen molar-refractivity contribution in [1.29, 1.82) is 0 Å². The molecule has 0 spiro atoms. The largest absolute Gasteiger partial charge is 0.501 e. The number of aromatic nitrogens is 1. The average Bonchev–Trinajstić information content (AvgIpc) is 3.26. The zero-order valence-corrected chi connectivity index (χ0v) is 15.9. The van der Waals surface area contributed by atoms with Gasteiger partial charge < -0.3 is 19.4 Å². The molecule has 0 aliphatic carbocycles. The van der Waals surface area contributed by atoms with Gasteiger partial charge in [0.2, 0.25) is 7.55 Å². The summed E-state index contributed by atoms with van der Waals surface area (Å²) >= 11 is 0. The zero-order valence-electron chi connectivity index (χ0n) is 15.9. The van der Waals surface area contributed by atoms with Gasteiger partial charge in [-0.3, -0.25) is 0 Å². The first-order valence-corrected chi connectivity index (χ1v) is 9.42. The van der Waals surface area contributed by atoms with Crippen molar-refractivity contribution in [2.75, 3.05) is 13.2 Å². The molecule has 5 heteroatoms. The Bertz CT molecular complexity index is 978. The van der Waals surface area contributed by atoms with E-state index in [9.17, 15) is 0 Å². The van der Waals surface area contributed by atoms with Crippen LogP contribution in [-0.4, -0.2) is 35.9 Å². The normalized spacial score (nSPS) is 15.3. The number of benzene rings is 1. The molecule has 0 atom stereocenters. The average molecular weight is 357 g/mol. The highest BCUT2D eigenvalue weighted by Gasteiger charge is 2.24. The number of nitrogens with zero attached hydrogens (tertiary/aromatic N) is 2. The molecule has 2 aromatic rings. The van der Waals surface area contributed by atoms with E-state index in [-0.39, 0.29) is 0 Å². The summed E-state index contributed by atoms with van der Waals surface area (Å²) in [5.74, 6) is 0.903. The lowest BCUT2D eigenvalue weighted by atomic mass is 9.94. The van der Waals surface area contributed by atoms with Crippen molar-refractivity contribution in [2.24, 2.45) is 5.73 Å². The maximum absolute atomic E-state index is 5.89. The van der Waals surface area contributed by atoms with E-state index in [1.54, 1.807) is 0 Å². The van der Waals surface area contributed by atoms with Crippen LogP contribution >= 0.6 is 0 Å². The molecule has 3 heterocycles. The van der Waals surface area contributed by atoms with E-state index >= 15 is 0 Å². The third kappa shape index (κ3) is 3.31. The molecule has 2 N–H and O–H groups in total. The number of rotatable bonds is 6. The monoisotopic (exact) mass is 357 g/mol. The number of allylic oxidation sites excluding steroid dienone is 2. The number of hydrogen-bond donors (Lipinski definition) is 1. The van der Waals surface area contributed by atoms with Crippen LogP contribution in [0.4, 0.5) is 0 Å². The maximum atomic E-state index is 5.89. The molecular formula is C22H24BN3O. The minimum atomic E-state index is 0.641. The van der Waals surface area contributed by atoms with Crippen molar-refractivity contribution in [1.82, 2.24) is 4.48 Å². The number of hydrogen-bond acceptors (Lipinski definition) is 2. The predicted octanol–water partition coefficient (Wildman–Crippen LogP) is 3.47. The van der Waals surface area contributed by atoms with Gasteiger partial charge in [0, 0.05) is 29.1 Å². The van der Waals surface area contributed by atoms with Crippen molar-refractivity contribution < 1.29 is 9.22 Å². The van der Waals surface area contributed by atoms with Gasteiger partial charge in [-0.05, 0) is 62.2 Å². The first-order valence-electron chi connectivity index (χ1n) is 9.42. The second kappa shape index (κ2) is 7.45. The fourth-order valence-corrected chi connectivity index (χ4v) is 3.73. The standard InChI is InChI=1S/C22H24BN3O/c1-3-27-19-10-7-17(8-11-19)6-9-18-15-16(2)22-20(12-13-24)21-5-4-14-25(21)23-26(18)22/h4-11,14-15H,3,12-13,24H2,1-2H3/b9-6+. The van der Waals surface area contributed by atoms with Crippen LogP contribution in [0.3, 0.4) is 0 Å². The van der Waals surface area contributed by atoms with Gasteiger partial charge in [-0.1, -0.05) is 18.2 Å². The van der Waals surface area contributed by atoms with Crippen LogP contribution < -0.4 is 10.5 Å². The van der Waals surface area contributed by atoms with Crippen molar-refractivity contribution in [3.8, 4) is 5.75 Å². The lowest BCUT2D eigenvalue weighted by molar-refractivity contribution is -0.307. The van der Waals surface area contributed by atoms with E-state index < -0.39 is 0 Å². The molecule has 4 nitrogen and oxygen atoms in total. The second-order valence-corrected chi connectivity index (χ2v) is 6.74. The van der Waals surface area contributed by atoms with E-state index in [0.717, 1.165) is 23.4 Å². The topological polar surface area (TPSA) is 43.2 Å². The Kier molecular flexibility index (Phi) is 4.86. The van der Waals surface area contributed by atoms with Crippen LogP contribution in [0.5, 0.6) is 5.75 Å². The fourth-order valence-electron chi connectivity index (χ4n) is 3.73. The Hall–Kier alpha value is -2.79. The van der Waals surface area contributed by atoms with Crippen LogP contribution in [0, 0.1) is 6.92 Å². The minimum Gasteiger partial charge on any atom is -0.501 e. The van der Waals surface area contributed by atoms with Crippen LogP contribution in [0.1, 0.15) is 35.9 Å². The second-order valence-electron chi connectivity index (χ2n) is 6.74. The van der Waals surface area contributed by atoms with E-state index in [4.69, 9.17) is 10.5 Å². The molecule has 0 unspecified atom stereocenters. The number of fused-ring (bicyclic) bond motifs is 2.